The van der Waals surface area contributed by atoms with Gasteiger partial charge >= 0.3 is 0 Å². The summed E-state index contributed by atoms with van der Waals surface area (Å²) < 4.78 is 5.09. The molecule has 1 amide bonds. The molecule has 5 nitrogen and oxygen atoms in total. The second kappa shape index (κ2) is 7.64. The highest BCUT2D eigenvalue weighted by Gasteiger charge is 2.19. The molecule has 2 aromatic rings. The Kier molecular flexibility index (Phi) is 5.57. The van der Waals surface area contributed by atoms with Gasteiger partial charge in [0.1, 0.15) is 5.75 Å². The molecule has 0 aliphatic heterocycles. The molecule has 2 rings (SSSR count). The van der Waals surface area contributed by atoms with E-state index in [0.717, 1.165) is 11.4 Å². The number of hydrogen-bond acceptors (Lipinski definition) is 5. The summed E-state index contributed by atoms with van der Waals surface area (Å²) in [7, 11) is 1.61. The highest BCUT2D eigenvalue weighted by molar-refractivity contribution is 8.00. The topological polar surface area (TPSA) is 64.1 Å². The molecule has 21 heavy (non-hydrogen) atoms. The van der Waals surface area contributed by atoms with Gasteiger partial charge in [-0.2, -0.15) is 0 Å². The summed E-state index contributed by atoms with van der Waals surface area (Å²) in [5, 5.41) is 3.27. The van der Waals surface area contributed by atoms with Crippen LogP contribution < -0.4 is 10.1 Å². The number of nitrogens with one attached hydrogen (secondary N) is 1. The highest BCUT2D eigenvalue weighted by atomic mass is 32.2. The summed E-state index contributed by atoms with van der Waals surface area (Å²) in [5.41, 5.74) is 0.744. The van der Waals surface area contributed by atoms with Crippen LogP contribution in [0.5, 0.6) is 5.75 Å². The molecule has 110 valence electrons. The number of aromatic nitrogens is 2. The number of nitrogens with zero attached hydrogens (tertiary/aromatic N) is 2. The van der Waals surface area contributed by atoms with E-state index in [-0.39, 0.29) is 11.2 Å². The summed E-state index contributed by atoms with van der Waals surface area (Å²) in [4.78, 5) is 20.6. The largest absolute Gasteiger partial charge is 0.497 e. The predicted octanol–water partition coefficient (Wildman–Crippen LogP) is 2.99. The van der Waals surface area contributed by atoms with Crippen LogP contribution >= 0.6 is 11.8 Å². The third-order valence-corrected chi connectivity index (χ3v) is 4.06. The standard InChI is InChI=1S/C15H17N3O2S/c1-3-13(21-15-16-9-4-10-17-15)14(19)18-11-5-7-12(20-2)8-6-11/h4-10,13H,3H2,1-2H3,(H,18,19). The minimum Gasteiger partial charge on any atom is -0.497 e. The molecule has 1 aromatic carbocycles. The zero-order valence-electron chi connectivity index (χ0n) is 11.9. The molecule has 1 atom stereocenters. The molecule has 1 aromatic heterocycles. The monoisotopic (exact) mass is 303 g/mol. The molecule has 1 N–H and O–H groups in total. The Morgan fingerprint density at radius 1 is 1.29 bits per heavy atom. The number of ether oxygens (including phenoxy) is 1. The van der Waals surface area contributed by atoms with Crippen LogP contribution in [-0.4, -0.2) is 28.2 Å². The Labute approximate surface area is 128 Å². The number of methoxy groups -OCH3 is 1. The first-order chi connectivity index (χ1) is 10.2. The van der Waals surface area contributed by atoms with Crippen LogP contribution in [0, 0.1) is 0 Å². The van der Waals surface area contributed by atoms with E-state index in [1.165, 1.54) is 11.8 Å². The van der Waals surface area contributed by atoms with Gasteiger partial charge in [0.25, 0.3) is 0 Å². The quantitative estimate of drug-likeness (QED) is 0.656. The number of anilines is 1. The molecule has 1 heterocycles. The van der Waals surface area contributed by atoms with Crippen molar-refractivity contribution in [2.45, 2.75) is 23.8 Å². The maximum atomic E-state index is 12.3. The minimum atomic E-state index is -0.227. The Morgan fingerprint density at radius 3 is 2.52 bits per heavy atom. The molecular weight excluding hydrogens is 286 g/mol. The summed E-state index contributed by atoms with van der Waals surface area (Å²) in [5.74, 6) is 0.701. The van der Waals surface area contributed by atoms with Gasteiger partial charge < -0.3 is 10.1 Å². The lowest BCUT2D eigenvalue weighted by Gasteiger charge is -2.13. The number of amides is 1. The Balaban J connectivity index is 1.99. The molecule has 0 saturated heterocycles. The van der Waals surface area contributed by atoms with Crippen LogP contribution in [0.2, 0.25) is 0 Å². The minimum absolute atomic E-state index is 0.0554. The van der Waals surface area contributed by atoms with E-state index in [2.05, 4.69) is 15.3 Å². The van der Waals surface area contributed by atoms with Gasteiger partial charge in [-0.05, 0) is 36.8 Å². The molecule has 6 heteroatoms. The van der Waals surface area contributed by atoms with E-state index in [9.17, 15) is 4.79 Å². The number of hydrogen-bond donors (Lipinski definition) is 1. The average molecular weight is 303 g/mol. The second-order valence-corrected chi connectivity index (χ2v) is 5.43. The lowest BCUT2D eigenvalue weighted by molar-refractivity contribution is -0.115. The van der Waals surface area contributed by atoms with Crippen LogP contribution in [0.25, 0.3) is 0 Å². The number of rotatable bonds is 6. The van der Waals surface area contributed by atoms with Crippen molar-refractivity contribution in [2.75, 3.05) is 12.4 Å². The molecule has 0 aliphatic carbocycles. The molecule has 0 saturated carbocycles. The van der Waals surface area contributed by atoms with E-state index < -0.39 is 0 Å². The normalized spacial score (nSPS) is 11.7. The molecule has 0 spiro atoms. The summed E-state index contributed by atoms with van der Waals surface area (Å²) in [6.45, 7) is 1.97. The highest BCUT2D eigenvalue weighted by Crippen LogP contribution is 2.23. The summed E-state index contributed by atoms with van der Waals surface area (Å²) >= 11 is 1.36. The number of carbonyl (C=O) groups is 1. The van der Waals surface area contributed by atoms with Crippen molar-refractivity contribution in [1.29, 1.82) is 0 Å². The van der Waals surface area contributed by atoms with Gasteiger partial charge in [-0.3, -0.25) is 4.79 Å². The van der Waals surface area contributed by atoms with Gasteiger partial charge in [-0.15, -0.1) is 0 Å². The molecule has 0 aliphatic rings. The van der Waals surface area contributed by atoms with Crippen molar-refractivity contribution in [3.05, 3.63) is 42.7 Å². The first-order valence-corrected chi connectivity index (χ1v) is 7.49. The van der Waals surface area contributed by atoms with Crippen LogP contribution in [0.3, 0.4) is 0 Å². The molecular formula is C15H17N3O2S. The Morgan fingerprint density at radius 2 is 1.95 bits per heavy atom. The van der Waals surface area contributed by atoms with E-state index >= 15 is 0 Å². The van der Waals surface area contributed by atoms with Crippen molar-refractivity contribution >= 4 is 23.4 Å². The van der Waals surface area contributed by atoms with Crippen molar-refractivity contribution < 1.29 is 9.53 Å². The molecule has 0 fully saturated rings. The summed E-state index contributed by atoms with van der Waals surface area (Å²) in [6, 6.07) is 9.00. The van der Waals surface area contributed by atoms with Gasteiger partial charge in [0.15, 0.2) is 5.16 Å². The first-order valence-electron chi connectivity index (χ1n) is 6.61. The smallest absolute Gasteiger partial charge is 0.237 e. The second-order valence-electron chi connectivity index (χ2n) is 4.26. The van der Waals surface area contributed by atoms with Gasteiger partial charge in [0, 0.05) is 18.1 Å². The first kappa shape index (κ1) is 15.3. The zero-order valence-corrected chi connectivity index (χ0v) is 12.8. The van der Waals surface area contributed by atoms with Gasteiger partial charge in [-0.25, -0.2) is 9.97 Å². The SMILES string of the molecule is CCC(Sc1ncccn1)C(=O)Nc1ccc(OC)cc1. The maximum Gasteiger partial charge on any atom is 0.237 e. The average Bonchev–Trinajstić information content (AvgIpc) is 2.54. The van der Waals surface area contributed by atoms with E-state index in [0.29, 0.717) is 11.6 Å². The van der Waals surface area contributed by atoms with Crippen molar-refractivity contribution in [2.24, 2.45) is 0 Å². The summed E-state index contributed by atoms with van der Waals surface area (Å²) in [6.07, 6.45) is 4.04. The zero-order chi connectivity index (χ0) is 15.1. The lowest BCUT2D eigenvalue weighted by Crippen LogP contribution is -2.24. The van der Waals surface area contributed by atoms with Crippen LogP contribution in [0.1, 0.15) is 13.3 Å². The van der Waals surface area contributed by atoms with E-state index in [1.54, 1.807) is 25.6 Å². The lowest BCUT2D eigenvalue weighted by atomic mass is 10.2. The van der Waals surface area contributed by atoms with E-state index in [4.69, 9.17) is 4.74 Å². The number of thioether (sulfide) groups is 1. The number of benzene rings is 1. The molecule has 1 unspecified atom stereocenters. The van der Waals surface area contributed by atoms with Crippen LogP contribution in [-0.2, 0) is 4.79 Å². The Bertz CT molecular complexity index is 575. The fraction of sp³-hybridized carbons (Fsp3) is 0.267. The van der Waals surface area contributed by atoms with Gasteiger partial charge in [0.2, 0.25) is 5.91 Å². The van der Waals surface area contributed by atoms with Gasteiger partial charge in [0.05, 0.1) is 12.4 Å². The predicted molar refractivity (Wildman–Crippen MR) is 83.6 cm³/mol. The van der Waals surface area contributed by atoms with Gasteiger partial charge in [-0.1, -0.05) is 18.7 Å². The van der Waals surface area contributed by atoms with Crippen LogP contribution in [0.15, 0.2) is 47.9 Å². The molecule has 0 radical (unpaired) electrons. The molecule has 0 bridgehead atoms. The van der Waals surface area contributed by atoms with Crippen molar-refractivity contribution in [3.8, 4) is 5.75 Å². The van der Waals surface area contributed by atoms with Crippen molar-refractivity contribution in [1.82, 2.24) is 9.97 Å². The van der Waals surface area contributed by atoms with Crippen LogP contribution in [0.4, 0.5) is 5.69 Å². The third-order valence-electron chi connectivity index (χ3n) is 2.81. The Hall–Kier alpha value is -2.08. The van der Waals surface area contributed by atoms with E-state index in [1.807, 2.05) is 31.2 Å². The fourth-order valence-electron chi connectivity index (χ4n) is 1.69. The fourth-order valence-corrected chi connectivity index (χ4v) is 2.52. The third kappa shape index (κ3) is 4.46. The van der Waals surface area contributed by atoms with Crippen molar-refractivity contribution in [3.63, 3.8) is 0 Å². The number of carbonyl (C=O) groups excluding carboxylic acids is 1. The maximum absolute atomic E-state index is 12.3.